The molecule has 88 valence electrons. The molecule has 1 aliphatic rings. The zero-order valence-corrected chi connectivity index (χ0v) is 10.00. The largest absolute Gasteiger partial charge is 0.316 e. The summed E-state index contributed by atoms with van der Waals surface area (Å²) in [5.41, 5.74) is 2.45. The molecule has 2 rings (SSSR count). The van der Waals surface area contributed by atoms with Gasteiger partial charge in [-0.15, -0.1) is 0 Å². The lowest BCUT2D eigenvalue weighted by Gasteiger charge is -2.23. The van der Waals surface area contributed by atoms with Crippen LogP contribution >= 0.6 is 0 Å². The van der Waals surface area contributed by atoms with Crippen LogP contribution in [0.5, 0.6) is 0 Å². The third kappa shape index (κ3) is 3.29. The average molecular weight is 219 g/mol. The Morgan fingerprint density at radius 3 is 3.25 bits per heavy atom. The van der Waals surface area contributed by atoms with Gasteiger partial charge >= 0.3 is 0 Å². The minimum atomic E-state index is 0.790. The predicted molar refractivity (Wildman–Crippen MR) is 66.3 cm³/mol. The van der Waals surface area contributed by atoms with Crippen LogP contribution in [0.4, 0.5) is 0 Å². The molecule has 1 aromatic heterocycles. The first kappa shape index (κ1) is 11.6. The minimum Gasteiger partial charge on any atom is -0.316 e. The van der Waals surface area contributed by atoms with Crippen molar-refractivity contribution in [2.75, 3.05) is 19.6 Å². The topological polar surface area (TPSA) is 37.0 Å². The molecule has 2 heterocycles. The highest BCUT2D eigenvalue weighted by Gasteiger charge is 2.12. The first-order valence-corrected chi connectivity index (χ1v) is 6.18. The Morgan fingerprint density at radius 1 is 1.56 bits per heavy atom. The maximum atomic E-state index is 4.38. The molecule has 1 unspecified atom stereocenters. The molecule has 1 aliphatic heterocycles. The molecule has 1 aromatic rings. The summed E-state index contributed by atoms with van der Waals surface area (Å²) in [7, 11) is 0. The zero-order valence-electron chi connectivity index (χ0n) is 10.00. The Morgan fingerprint density at radius 2 is 2.50 bits per heavy atom. The molecule has 1 saturated heterocycles. The van der Waals surface area contributed by atoms with Gasteiger partial charge in [0.1, 0.15) is 0 Å². The molecule has 0 saturated carbocycles. The van der Waals surface area contributed by atoms with E-state index in [2.05, 4.69) is 28.6 Å². The van der Waals surface area contributed by atoms with Crippen LogP contribution in [0.2, 0.25) is 0 Å². The van der Waals surface area contributed by atoms with Crippen LogP contribution in [0.15, 0.2) is 18.3 Å². The highest BCUT2D eigenvalue weighted by molar-refractivity contribution is 5.17. The Labute approximate surface area is 97.7 Å². The third-order valence-corrected chi connectivity index (χ3v) is 3.24. The van der Waals surface area contributed by atoms with Gasteiger partial charge in [-0.05, 0) is 56.9 Å². The Kier molecular flexibility index (Phi) is 4.31. The number of aromatic nitrogens is 1. The smallest absolute Gasteiger partial charge is 0.0570 e. The van der Waals surface area contributed by atoms with Crippen molar-refractivity contribution in [3.63, 3.8) is 0 Å². The molecular formula is C13H21N3. The summed E-state index contributed by atoms with van der Waals surface area (Å²) in [6, 6.07) is 4.11. The molecule has 0 bridgehead atoms. The molecule has 0 amide bonds. The first-order chi connectivity index (χ1) is 7.86. The standard InChI is InChI=1S/C13H21N3/c1-11-4-2-7-16-13(11)10-15-9-12-5-3-6-14-8-12/h2,4,7,12,14-15H,3,5-6,8-10H2,1H3. The maximum absolute atomic E-state index is 4.38. The molecule has 3 heteroatoms. The summed E-state index contributed by atoms with van der Waals surface area (Å²) < 4.78 is 0. The Bertz CT molecular complexity index is 319. The molecular weight excluding hydrogens is 198 g/mol. The van der Waals surface area contributed by atoms with Gasteiger partial charge in [0.25, 0.3) is 0 Å². The van der Waals surface area contributed by atoms with Gasteiger partial charge in [-0.2, -0.15) is 0 Å². The van der Waals surface area contributed by atoms with Gasteiger partial charge in [-0.3, -0.25) is 4.98 Å². The lowest BCUT2D eigenvalue weighted by atomic mass is 10.00. The van der Waals surface area contributed by atoms with Crippen molar-refractivity contribution in [3.05, 3.63) is 29.6 Å². The van der Waals surface area contributed by atoms with Gasteiger partial charge in [0, 0.05) is 12.7 Å². The van der Waals surface area contributed by atoms with Crippen molar-refractivity contribution in [2.45, 2.75) is 26.3 Å². The van der Waals surface area contributed by atoms with Gasteiger partial charge in [-0.1, -0.05) is 6.07 Å². The fourth-order valence-corrected chi connectivity index (χ4v) is 2.20. The molecule has 0 aromatic carbocycles. The van der Waals surface area contributed by atoms with E-state index >= 15 is 0 Å². The molecule has 0 spiro atoms. The van der Waals surface area contributed by atoms with Crippen LogP contribution in [0.1, 0.15) is 24.1 Å². The van der Waals surface area contributed by atoms with Gasteiger partial charge in [0.2, 0.25) is 0 Å². The highest BCUT2D eigenvalue weighted by atomic mass is 14.9. The van der Waals surface area contributed by atoms with Crippen molar-refractivity contribution in [3.8, 4) is 0 Å². The van der Waals surface area contributed by atoms with Gasteiger partial charge in [-0.25, -0.2) is 0 Å². The van der Waals surface area contributed by atoms with E-state index < -0.39 is 0 Å². The summed E-state index contributed by atoms with van der Waals surface area (Å²) in [5, 5.41) is 6.95. The molecule has 0 aliphatic carbocycles. The number of aryl methyl sites for hydroxylation is 1. The highest BCUT2D eigenvalue weighted by Crippen LogP contribution is 2.09. The van der Waals surface area contributed by atoms with Crippen molar-refractivity contribution in [2.24, 2.45) is 5.92 Å². The van der Waals surface area contributed by atoms with E-state index in [0.717, 1.165) is 25.6 Å². The second-order valence-electron chi connectivity index (χ2n) is 4.61. The molecule has 16 heavy (non-hydrogen) atoms. The lowest BCUT2D eigenvalue weighted by Crippen LogP contribution is -2.36. The van der Waals surface area contributed by atoms with E-state index in [1.807, 2.05) is 12.3 Å². The van der Waals surface area contributed by atoms with Crippen molar-refractivity contribution in [1.82, 2.24) is 15.6 Å². The normalized spacial score (nSPS) is 20.9. The first-order valence-electron chi connectivity index (χ1n) is 6.18. The van der Waals surface area contributed by atoms with Crippen molar-refractivity contribution in [1.29, 1.82) is 0 Å². The monoisotopic (exact) mass is 219 g/mol. The Hall–Kier alpha value is -0.930. The van der Waals surface area contributed by atoms with E-state index in [1.54, 1.807) is 0 Å². The maximum Gasteiger partial charge on any atom is 0.0570 e. The molecule has 0 radical (unpaired) electrons. The second-order valence-corrected chi connectivity index (χ2v) is 4.61. The van der Waals surface area contributed by atoms with Crippen molar-refractivity contribution >= 4 is 0 Å². The van der Waals surface area contributed by atoms with E-state index in [0.29, 0.717) is 0 Å². The van der Waals surface area contributed by atoms with E-state index in [-0.39, 0.29) is 0 Å². The number of nitrogens with zero attached hydrogens (tertiary/aromatic N) is 1. The van der Waals surface area contributed by atoms with Crippen LogP contribution in [0.25, 0.3) is 0 Å². The van der Waals surface area contributed by atoms with E-state index in [4.69, 9.17) is 0 Å². The van der Waals surface area contributed by atoms with Gasteiger partial charge < -0.3 is 10.6 Å². The number of rotatable bonds is 4. The predicted octanol–water partition coefficient (Wildman–Crippen LogP) is 1.48. The van der Waals surface area contributed by atoms with Crippen molar-refractivity contribution < 1.29 is 0 Å². The summed E-state index contributed by atoms with van der Waals surface area (Å²) in [6.07, 6.45) is 4.53. The summed E-state index contributed by atoms with van der Waals surface area (Å²) in [6.45, 7) is 6.46. The van der Waals surface area contributed by atoms with Crippen LogP contribution in [-0.2, 0) is 6.54 Å². The van der Waals surface area contributed by atoms with E-state index in [1.165, 1.54) is 30.6 Å². The number of hydrogen-bond acceptors (Lipinski definition) is 3. The van der Waals surface area contributed by atoms with Crippen LogP contribution in [0, 0.1) is 12.8 Å². The zero-order chi connectivity index (χ0) is 11.2. The van der Waals surface area contributed by atoms with E-state index in [9.17, 15) is 0 Å². The summed E-state index contributed by atoms with van der Waals surface area (Å²) >= 11 is 0. The molecule has 1 atom stereocenters. The molecule has 1 fully saturated rings. The SMILES string of the molecule is Cc1cccnc1CNCC1CCCNC1. The van der Waals surface area contributed by atoms with Crippen LogP contribution in [0.3, 0.4) is 0 Å². The average Bonchev–Trinajstić information content (AvgIpc) is 2.33. The summed E-state index contributed by atoms with van der Waals surface area (Å²) in [5.74, 6) is 0.790. The fraction of sp³-hybridized carbons (Fsp3) is 0.615. The quantitative estimate of drug-likeness (QED) is 0.805. The fourth-order valence-electron chi connectivity index (χ4n) is 2.20. The molecule has 3 nitrogen and oxygen atoms in total. The number of piperidine rings is 1. The van der Waals surface area contributed by atoms with Crippen LogP contribution < -0.4 is 10.6 Å². The number of pyridine rings is 1. The number of hydrogen-bond donors (Lipinski definition) is 2. The minimum absolute atomic E-state index is 0.790. The Balaban J connectivity index is 1.73. The van der Waals surface area contributed by atoms with Crippen LogP contribution in [-0.4, -0.2) is 24.6 Å². The lowest BCUT2D eigenvalue weighted by molar-refractivity contribution is 0.359. The third-order valence-electron chi connectivity index (χ3n) is 3.24. The van der Waals surface area contributed by atoms with Gasteiger partial charge in [0.05, 0.1) is 5.69 Å². The molecule has 2 N–H and O–H groups in total. The summed E-state index contributed by atoms with van der Waals surface area (Å²) in [4.78, 5) is 4.38. The number of nitrogens with one attached hydrogen (secondary N) is 2. The van der Waals surface area contributed by atoms with Gasteiger partial charge in [0.15, 0.2) is 0 Å². The second kappa shape index (κ2) is 5.97.